The number of fused-ring (bicyclic) bond motifs is 2. The monoisotopic (exact) mass is 234 g/mol. The zero-order chi connectivity index (χ0) is 12.3. The minimum Gasteiger partial charge on any atom is -0.361 e. The van der Waals surface area contributed by atoms with Gasteiger partial charge in [0.15, 0.2) is 0 Å². The Hall–Kier alpha value is -0.830. The zero-order valence-corrected chi connectivity index (χ0v) is 11.2. The summed E-state index contributed by atoms with van der Waals surface area (Å²) in [5.41, 5.74) is 1.76. The van der Waals surface area contributed by atoms with Crippen molar-refractivity contribution in [3.63, 3.8) is 0 Å². The molecule has 0 aromatic carbocycles. The fraction of sp³-hybridized carbons (Fsp3) is 0.786. The van der Waals surface area contributed by atoms with E-state index in [1.807, 2.05) is 6.20 Å². The molecule has 0 spiro atoms. The highest BCUT2D eigenvalue weighted by atomic mass is 16.5. The first-order chi connectivity index (χ1) is 7.93. The average Bonchev–Trinajstić information content (AvgIpc) is 2.69. The first-order valence-electron chi connectivity index (χ1n) is 6.61. The summed E-state index contributed by atoms with van der Waals surface area (Å²) in [4.78, 5) is 0. The number of aromatic nitrogens is 1. The standard InChI is InChI=1S/C14H22N2O/c1-9-5-11-13(2,3)12-10(7-16-17-12)6-14(11,4)8-15-9/h7,9,11,15H,5-6,8H2,1-4H3/t9-,11-,14?/m0/s1. The molecule has 1 fully saturated rings. The Morgan fingerprint density at radius 3 is 2.94 bits per heavy atom. The van der Waals surface area contributed by atoms with Gasteiger partial charge in [-0.1, -0.05) is 25.9 Å². The number of hydrogen-bond acceptors (Lipinski definition) is 3. The molecule has 0 saturated carbocycles. The van der Waals surface area contributed by atoms with E-state index in [9.17, 15) is 0 Å². The maximum atomic E-state index is 5.53. The SMILES string of the molecule is C[C@H]1C[C@@H]2C(C)(CN1)Cc1cnoc1C2(C)C. The molecule has 1 unspecified atom stereocenters. The molecule has 2 heterocycles. The average molecular weight is 234 g/mol. The number of hydrogen-bond donors (Lipinski definition) is 1. The predicted octanol–water partition coefficient (Wildman–Crippen LogP) is 2.51. The number of piperidine rings is 1. The third kappa shape index (κ3) is 1.48. The van der Waals surface area contributed by atoms with Crippen molar-refractivity contribution in [2.75, 3.05) is 6.54 Å². The summed E-state index contributed by atoms with van der Waals surface area (Å²) < 4.78 is 5.53. The van der Waals surface area contributed by atoms with Gasteiger partial charge in [0.05, 0.1) is 6.20 Å². The molecule has 17 heavy (non-hydrogen) atoms. The second-order valence-corrected chi connectivity index (χ2v) is 6.80. The van der Waals surface area contributed by atoms with Crippen molar-refractivity contribution < 1.29 is 4.52 Å². The van der Waals surface area contributed by atoms with Crippen LogP contribution in [0.2, 0.25) is 0 Å². The van der Waals surface area contributed by atoms with Gasteiger partial charge in [-0.2, -0.15) is 0 Å². The van der Waals surface area contributed by atoms with Crippen molar-refractivity contribution >= 4 is 0 Å². The third-order valence-electron chi connectivity index (χ3n) is 4.98. The second-order valence-electron chi connectivity index (χ2n) is 6.80. The highest BCUT2D eigenvalue weighted by Gasteiger charge is 2.53. The van der Waals surface area contributed by atoms with Gasteiger partial charge in [-0.25, -0.2) is 0 Å². The van der Waals surface area contributed by atoms with Gasteiger partial charge in [-0.15, -0.1) is 0 Å². The van der Waals surface area contributed by atoms with Crippen molar-refractivity contribution in [3.05, 3.63) is 17.5 Å². The molecule has 1 aromatic heterocycles. The van der Waals surface area contributed by atoms with Crippen molar-refractivity contribution in [2.24, 2.45) is 11.3 Å². The van der Waals surface area contributed by atoms with E-state index in [0.29, 0.717) is 17.4 Å². The molecule has 0 bridgehead atoms. The van der Waals surface area contributed by atoms with E-state index in [0.717, 1.165) is 18.7 Å². The molecule has 0 radical (unpaired) electrons. The number of nitrogens with zero attached hydrogens (tertiary/aromatic N) is 1. The van der Waals surface area contributed by atoms with Crippen LogP contribution in [-0.2, 0) is 11.8 Å². The molecule has 3 atom stereocenters. The van der Waals surface area contributed by atoms with Gasteiger partial charge >= 0.3 is 0 Å². The van der Waals surface area contributed by atoms with Gasteiger partial charge in [0.2, 0.25) is 0 Å². The van der Waals surface area contributed by atoms with Crippen LogP contribution in [0.25, 0.3) is 0 Å². The Bertz CT molecular complexity index is 437. The largest absolute Gasteiger partial charge is 0.361 e. The van der Waals surface area contributed by atoms with Gasteiger partial charge in [0.25, 0.3) is 0 Å². The molecule has 2 aliphatic rings. The van der Waals surface area contributed by atoms with E-state index in [2.05, 4.69) is 38.2 Å². The Morgan fingerprint density at radius 2 is 2.18 bits per heavy atom. The van der Waals surface area contributed by atoms with Gasteiger partial charge < -0.3 is 9.84 Å². The molecular formula is C14H22N2O. The Balaban J connectivity index is 2.09. The maximum absolute atomic E-state index is 5.53. The van der Waals surface area contributed by atoms with Crippen LogP contribution in [-0.4, -0.2) is 17.7 Å². The minimum atomic E-state index is 0.106. The van der Waals surface area contributed by atoms with Crippen molar-refractivity contribution in [3.8, 4) is 0 Å². The van der Waals surface area contributed by atoms with Crippen molar-refractivity contribution in [1.29, 1.82) is 0 Å². The van der Waals surface area contributed by atoms with Crippen LogP contribution in [0.15, 0.2) is 10.7 Å². The Kier molecular flexibility index (Phi) is 2.22. The zero-order valence-electron chi connectivity index (χ0n) is 11.2. The van der Waals surface area contributed by atoms with Gasteiger partial charge in [-0.05, 0) is 31.1 Å². The smallest absolute Gasteiger partial charge is 0.145 e. The summed E-state index contributed by atoms with van der Waals surface area (Å²) in [5.74, 6) is 1.79. The maximum Gasteiger partial charge on any atom is 0.145 e. The Morgan fingerprint density at radius 1 is 1.41 bits per heavy atom. The van der Waals surface area contributed by atoms with E-state index in [1.165, 1.54) is 12.0 Å². The minimum absolute atomic E-state index is 0.106. The van der Waals surface area contributed by atoms with Crippen LogP contribution < -0.4 is 5.32 Å². The summed E-state index contributed by atoms with van der Waals surface area (Å²) in [5, 5.41) is 7.64. The fourth-order valence-corrected chi connectivity index (χ4v) is 4.11. The van der Waals surface area contributed by atoms with Crippen molar-refractivity contribution in [2.45, 2.75) is 52.0 Å². The fourth-order valence-electron chi connectivity index (χ4n) is 4.11. The molecule has 1 aliphatic heterocycles. The first kappa shape index (κ1) is 11.3. The van der Waals surface area contributed by atoms with E-state index >= 15 is 0 Å². The predicted molar refractivity (Wildman–Crippen MR) is 66.9 cm³/mol. The van der Waals surface area contributed by atoms with Gasteiger partial charge in [0, 0.05) is 23.6 Å². The van der Waals surface area contributed by atoms with Crippen LogP contribution in [0.3, 0.4) is 0 Å². The lowest BCUT2D eigenvalue weighted by Crippen LogP contribution is -2.57. The quantitative estimate of drug-likeness (QED) is 0.749. The van der Waals surface area contributed by atoms with Gasteiger partial charge in [-0.3, -0.25) is 0 Å². The lowest BCUT2D eigenvalue weighted by Gasteiger charge is -2.53. The molecule has 3 nitrogen and oxygen atoms in total. The summed E-state index contributed by atoms with van der Waals surface area (Å²) in [6.07, 6.45) is 4.24. The lowest BCUT2D eigenvalue weighted by atomic mass is 9.53. The lowest BCUT2D eigenvalue weighted by molar-refractivity contribution is 0.0258. The summed E-state index contributed by atoms with van der Waals surface area (Å²) in [6.45, 7) is 10.4. The summed E-state index contributed by atoms with van der Waals surface area (Å²) in [6, 6.07) is 0.608. The molecule has 1 aliphatic carbocycles. The van der Waals surface area contributed by atoms with E-state index in [-0.39, 0.29) is 5.41 Å². The van der Waals surface area contributed by atoms with Crippen molar-refractivity contribution in [1.82, 2.24) is 10.5 Å². The summed E-state index contributed by atoms with van der Waals surface area (Å²) >= 11 is 0. The second kappa shape index (κ2) is 3.35. The Labute approximate surface area is 103 Å². The van der Waals surface area contributed by atoms with E-state index in [1.54, 1.807) is 0 Å². The number of rotatable bonds is 0. The molecule has 3 heteroatoms. The van der Waals surface area contributed by atoms with Crippen LogP contribution in [0.1, 0.15) is 45.4 Å². The molecule has 1 saturated heterocycles. The third-order valence-corrected chi connectivity index (χ3v) is 4.98. The topological polar surface area (TPSA) is 38.1 Å². The van der Waals surface area contributed by atoms with E-state index < -0.39 is 0 Å². The molecule has 94 valence electrons. The van der Waals surface area contributed by atoms with E-state index in [4.69, 9.17) is 4.52 Å². The van der Waals surface area contributed by atoms with Crippen LogP contribution >= 0.6 is 0 Å². The normalized spacial score (nSPS) is 39.5. The number of nitrogens with one attached hydrogen (secondary N) is 1. The molecule has 1 N–H and O–H groups in total. The first-order valence-corrected chi connectivity index (χ1v) is 6.61. The highest BCUT2D eigenvalue weighted by Crippen LogP contribution is 2.53. The molecular weight excluding hydrogens is 212 g/mol. The van der Waals surface area contributed by atoms with Gasteiger partial charge in [0.1, 0.15) is 5.76 Å². The molecule has 3 rings (SSSR count). The molecule has 0 amide bonds. The van der Waals surface area contributed by atoms with Crippen LogP contribution in [0.4, 0.5) is 0 Å². The highest BCUT2D eigenvalue weighted by molar-refractivity contribution is 5.30. The molecule has 1 aromatic rings. The van der Waals surface area contributed by atoms with Crippen LogP contribution in [0.5, 0.6) is 0 Å². The summed E-state index contributed by atoms with van der Waals surface area (Å²) in [7, 11) is 0. The van der Waals surface area contributed by atoms with Crippen LogP contribution in [0, 0.1) is 11.3 Å².